The van der Waals surface area contributed by atoms with Crippen LogP contribution in [0.5, 0.6) is 0 Å². The fourth-order valence-electron chi connectivity index (χ4n) is 2.13. The van der Waals surface area contributed by atoms with Crippen LogP contribution in [-0.2, 0) is 11.3 Å². The first-order chi connectivity index (χ1) is 10.5. The standard InChI is InChI=1S/C16H15Cl2FN2O/c1-21(9-11-4-2-5-12(19)8-11)10-15(22)20-14-7-3-6-13(17)16(14)18/h2-8H,9-10H2,1H3,(H,20,22)/p+1. The summed E-state index contributed by atoms with van der Waals surface area (Å²) in [6.07, 6.45) is 0. The number of carbonyl (C=O) groups is 1. The number of nitrogens with one attached hydrogen (secondary N) is 2. The average Bonchev–Trinajstić information content (AvgIpc) is 2.43. The molecule has 0 saturated carbocycles. The van der Waals surface area contributed by atoms with Crippen LogP contribution < -0.4 is 10.2 Å². The van der Waals surface area contributed by atoms with Crippen LogP contribution in [0.15, 0.2) is 42.5 Å². The molecule has 0 aliphatic rings. The maximum absolute atomic E-state index is 13.1. The van der Waals surface area contributed by atoms with Gasteiger partial charge in [0.2, 0.25) is 0 Å². The lowest BCUT2D eigenvalue weighted by Crippen LogP contribution is -3.08. The summed E-state index contributed by atoms with van der Waals surface area (Å²) in [7, 11) is 1.87. The molecule has 0 saturated heterocycles. The van der Waals surface area contributed by atoms with Crippen LogP contribution in [0.25, 0.3) is 0 Å². The summed E-state index contributed by atoms with van der Waals surface area (Å²) in [5.74, 6) is -0.460. The monoisotopic (exact) mass is 341 g/mol. The summed E-state index contributed by atoms with van der Waals surface area (Å²) in [6, 6.07) is 11.4. The zero-order valence-corrected chi connectivity index (χ0v) is 13.5. The van der Waals surface area contributed by atoms with Crippen molar-refractivity contribution in [2.24, 2.45) is 0 Å². The number of likely N-dealkylation sites (N-methyl/N-ethyl adjacent to an activating group) is 1. The Kier molecular flexibility index (Phi) is 5.77. The molecule has 0 bridgehead atoms. The summed E-state index contributed by atoms with van der Waals surface area (Å²) < 4.78 is 13.1. The topological polar surface area (TPSA) is 33.5 Å². The lowest BCUT2D eigenvalue weighted by Gasteiger charge is -2.14. The van der Waals surface area contributed by atoms with Gasteiger partial charge >= 0.3 is 0 Å². The molecule has 22 heavy (non-hydrogen) atoms. The van der Waals surface area contributed by atoms with Crippen molar-refractivity contribution in [1.82, 2.24) is 0 Å². The fourth-order valence-corrected chi connectivity index (χ4v) is 2.47. The summed E-state index contributed by atoms with van der Waals surface area (Å²) >= 11 is 11.9. The molecule has 0 spiro atoms. The minimum Gasteiger partial charge on any atom is -0.326 e. The van der Waals surface area contributed by atoms with Gasteiger partial charge in [-0.05, 0) is 24.3 Å². The molecule has 0 heterocycles. The first kappa shape index (κ1) is 16.7. The Morgan fingerprint density at radius 3 is 2.68 bits per heavy atom. The highest BCUT2D eigenvalue weighted by atomic mass is 35.5. The fraction of sp³-hybridized carbons (Fsp3) is 0.188. The van der Waals surface area contributed by atoms with Gasteiger partial charge in [-0.15, -0.1) is 0 Å². The molecule has 2 aromatic carbocycles. The van der Waals surface area contributed by atoms with Crippen LogP contribution in [-0.4, -0.2) is 19.5 Å². The average molecular weight is 342 g/mol. The van der Waals surface area contributed by atoms with Crippen LogP contribution >= 0.6 is 23.2 Å². The van der Waals surface area contributed by atoms with Gasteiger partial charge in [-0.25, -0.2) is 4.39 Å². The van der Waals surface area contributed by atoms with E-state index in [0.29, 0.717) is 22.3 Å². The highest BCUT2D eigenvalue weighted by molar-refractivity contribution is 6.43. The molecule has 6 heteroatoms. The summed E-state index contributed by atoms with van der Waals surface area (Å²) in [6.45, 7) is 0.786. The summed E-state index contributed by atoms with van der Waals surface area (Å²) in [5.41, 5.74) is 1.32. The molecule has 0 aliphatic heterocycles. The second-order valence-corrected chi connectivity index (χ2v) is 5.88. The predicted octanol–water partition coefficient (Wildman–Crippen LogP) is 2.79. The minimum atomic E-state index is -0.277. The van der Waals surface area contributed by atoms with Gasteiger partial charge in [0.25, 0.3) is 5.91 Å². The molecule has 3 nitrogen and oxygen atoms in total. The van der Waals surface area contributed by atoms with Crippen molar-refractivity contribution in [3.63, 3.8) is 0 Å². The molecular formula is C16H16Cl2FN2O+. The molecule has 116 valence electrons. The number of hydrogen-bond acceptors (Lipinski definition) is 1. The second kappa shape index (κ2) is 7.58. The van der Waals surface area contributed by atoms with E-state index in [9.17, 15) is 9.18 Å². The number of quaternary nitrogens is 1. The third kappa shape index (κ3) is 4.70. The molecule has 2 aromatic rings. The predicted molar refractivity (Wildman–Crippen MR) is 86.9 cm³/mol. The van der Waals surface area contributed by atoms with E-state index in [-0.39, 0.29) is 18.3 Å². The minimum absolute atomic E-state index is 0.182. The Bertz CT molecular complexity index is 679. The van der Waals surface area contributed by atoms with Crippen molar-refractivity contribution in [2.45, 2.75) is 6.54 Å². The third-order valence-electron chi connectivity index (χ3n) is 3.08. The zero-order chi connectivity index (χ0) is 16.1. The molecule has 1 amide bonds. The first-order valence-electron chi connectivity index (χ1n) is 6.75. The van der Waals surface area contributed by atoms with E-state index >= 15 is 0 Å². The van der Waals surface area contributed by atoms with Gasteiger partial charge in [0.15, 0.2) is 6.54 Å². The second-order valence-electron chi connectivity index (χ2n) is 5.09. The van der Waals surface area contributed by atoms with Gasteiger partial charge in [-0.2, -0.15) is 0 Å². The van der Waals surface area contributed by atoms with E-state index in [2.05, 4.69) is 5.32 Å². The molecule has 0 radical (unpaired) electrons. The molecule has 1 atom stereocenters. The van der Waals surface area contributed by atoms with Crippen LogP contribution in [0.3, 0.4) is 0 Å². The third-order valence-corrected chi connectivity index (χ3v) is 3.90. The number of hydrogen-bond donors (Lipinski definition) is 2. The van der Waals surface area contributed by atoms with Gasteiger partial charge in [-0.3, -0.25) is 4.79 Å². The maximum Gasteiger partial charge on any atom is 0.279 e. The molecular weight excluding hydrogens is 326 g/mol. The van der Waals surface area contributed by atoms with Crippen molar-refractivity contribution in [1.29, 1.82) is 0 Å². The number of rotatable bonds is 5. The van der Waals surface area contributed by atoms with Crippen LogP contribution in [0, 0.1) is 5.82 Å². The van der Waals surface area contributed by atoms with Gasteiger partial charge in [-0.1, -0.05) is 41.4 Å². The van der Waals surface area contributed by atoms with Crippen molar-refractivity contribution in [3.05, 3.63) is 63.9 Å². The highest BCUT2D eigenvalue weighted by Crippen LogP contribution is 2.29. The van der Waals surface area contributed by atoms with E-state index in [0.717, 1.165) is 10.5 Å². The molecule has 1 unspecified atom stereocenters. The van der Waals surface area contributed by atoms with Crippen molar-refractivity contribution < 1.29 is 14.1 Å². The quantitative estimate of drug-likeness (QED) is 0.861. The Morgan fingerprint density at radius 1 is 1.23 bits per heavy atom. The van der Waals surface area contributed by atoms with Gasteiger partial charge in [0, 0.05) is 5.56 Å². The Morgan fingerprint density at radius 2 is 1.95 bits per heavy atom. The zero-order valence-electron chi connectivity index (χ0n) is 12.0. The van der Waals surface area contributed by atoms with E-state index in [1.54, 1.807) is 24.3 Å². The smallest absolute Gasteiger partial charge is 0.279 e. The maximum atomic E-state index is 13.1. The Labute approximate surface area is 138 Å². The lowest BCUT2D eigenvalue weighted by atomic mass is 10.2. The van der Waals surface area contributed by atoms with E-state index < -0.39 is 0 Å². The van der Waals surface area contributed by atoms with E-state index in [1.807, 2.05) is 13.1 Å². The summed E-state index contributed by atoms with van der Waals surface area (Å²) in [4.78, 5) is 13.0. The van der Waals surface area contributed by atoms with Crippen molar-refractivity contribution in [2.75, 3.05) is 18.9 Å². The highest BCUT2D eigenvalue weighted by Gasteiger charge is 2.13. The first-order valence-corrected chi connectivity index (χ1v) is 7.51. The number of amides is 1. The number of carbonyl (C=O) groups excluding carboxylic acids is 1. The lowest BCUT2D eigenvalue weighted by molar-refractivity contribution is -0.885. The van der Waals surface area contributed by atoms with Gasteiger partial charge in [0.05, 0.1) is 22.8 Å². The van der Waals surface area contributed by atoms with Crippen LogP contribution in [0.1, 0.15) is 5.56 Å². The molecule has 2 N–H and O–H groups in total. The molecule has 2 rings (SSSR count). The molecule has 0 aromatic heterocycles. The molecule has 0 fully saturated rings. The SMILES string of the molecule is C[NH+](CC(=O)Nc1cccc(Cl)c1Cl)Cc1cccc(F)c1. The number of anilines is 1. The van der Waals surface area contributed by atoms with Crippen LogP contribution in [0.4, 0.5) is 10.1 Å². The number of benzene rings is 2. The normalized spacial score (nSPS) is 12.0. The Hall–Kier alpha value is -1.62. The summed E-state index contributed by atoms with van der Waals surface area (Å²) in [5, 5.41) is 3.44. The Balaban J connectivity index is 1.92. The van der Waals surface area contributed by atoms with Gasteiger partial charge in [0.1, 0.15) is 12.4 Å². The van der Waals surface area contributed by atoms with Crippen molar-refractivity contribution in [3.8, 4) is 0 Å². The van der Waals surface area contributed by atoms with Gasteiger partial charge < -0.3 is 10.2 Å². The van der Waals surface area contributed by atoms with E-state index in [1.165, 1.54) is 12.1 Å². The van der Waals surface area contributed by atoms with Crippen molar-refractivity contribution >= 4 is 34.8 Å². The van der Waals surface area contributed by atoms with E-state index in [4.69, 9.17) is 23.2 Å². The van der Waals surface area contributed by atoms with Crippen LogP contribution in [0.2, 0.25) is 10.0 Å². The largest absolute Gasteiger partial charge is 0.326 e. The number of halogens is 3. The molecule has 0 aliphatic carbocycles.